The van der Waals surface area contributed by atoms with Gasteiger partial charge in [-0.05, 0) is 66.1 Å². The summed E-state index contributed by atoms with van der Waals surface area (Å²) in [5.74, 6) is -2.33. The van der Waals surface area contributed by atoms with Gasteiger partial charge >= 0.3 is 6.18 Å². The van der Waals surface area contributed by atoms with Gasteiger partial charge < -0.3 is 5.32 Å². The molecule has 0 aliphatic carbocycles. The highest BCUT2D eigenvalue weighted by Gasteiger charge is 2.37. The summed E-state index contributed by atoms with van der Waals surface area (Å²) in [6.07, 6.45) is -5.03. The van der Waals surface area contributed by atoms with Crippen molar-refractivity contribution in [2.45, 2.75) is 39.5 Å². The number of hydrogen-bond acceptors (Lipinski definition) is 7. The topological polar surface area (TPSA) is 131 Å². The third kappa shape index (κ3) is 7.08. The highest BCUT2D eigenvalue weighted by Crippen LogP contribution is 2.26. The van der Waals surface area contributed by atoms with Crippen LogP contribution in [0.2, 0.25) is 5.02 Å². The van der Waals surface area contributed by atoms with E-state index in [1.54, 1.807) is 37.3 Å². The van der Waals surface area contributed by atoms with Crippen molar-refractivity contribution >= 4 is 23.3 Å². The number of carbonyl (C=O) groups excluding carboxylic acids is 2. The van der Waals surface area contributed by atoms with Gasteiger partial charge in [0.2, 0.25) is 0 Å². The third-order valence-corrected chi connectivity index (χ3v) is 7.21. The summed E-state index contributed by atoms with van der Waals surface area (Å²) in [6.45, 7) is 3.57. The minimum atomic E-state index is -4.78. The second kappa shape index (κ2) is 12.7. The van der Waals surface area contributed by atoms with E-state index in [4.69, 9.17) is 11.6 Å². The van der Waals surface area contributed by atoms with Gasteiger partial charge in [0.25, 0.3) is 11.7 Å². The van der Waals surface area contributed by atoms with E-state index in [0.717, 1.165) is 15.9 Å². The van der Waals surface area contributed by atoms with E-state index in [9.17, 15) is 28.0 Å². The summed E-state index contributed by atoms with van der Waals surface area (Å²) in [7, 11) is 0. The van der Waals surface area contributed by atoms with Crippen LogP contribution in [0.1, 0.15) is 60.2 Å². The number of amides is 1. The number of para-hydroxylation sites is 1. The number of benzene rings is 3. The van der Waals surface area contributed by atoms with E-state index >= 15 is 0 Å². The van der Waals surface area contributed by atoms with Crippen molar-refractivity contribution in [3.8, 4) is 11.8 Å². The Hall–Kier alpha value is -5.35. The van der Waals surface area contributed by atoms with Gasteiger partial charge in [0, 0.05) is 18.5 Å². The summed E-state index contributed by atoms with van der Waals surface area (Å²) >= 11 is 6.42. The summed E-state index contributed by atoms with van der Waals surface area (Å²) in [5.41, 5.74) is 3.91. The molecular formula is C31H24ClF3N8O2. The monoisotopic (exact) mass is 632 g/mol. The van der Waals surface area contributed by atoms with E-state index < -0.39 is 23.7 Å². The number of hydrogen-bond donors (Lipinski definition) is 1. The molecule has 0 atom stereocenters. The minimum Gasteiger partial charge on any atom is -0.348 e. The molecule has 5 rings (SSSR count). The summed E-state index contributed by atoms with van der Waals surface area (Å²) in [6, 6.07) is 20.7. The lowest BCUT2D eigenvalue weighted by Gasteiger charge is -2.14. The fourth-order valence-electron chi connectivity index (χ4n) is 4.64. The summed E-state index contributed by atoms with van der Waals surface area (Å²) in [5, 5.41) is 27.0. The highest BCUT2D eigenvalue weighted by molar-refractivity contribution is 6.32. The van der Waals surface area contributed by atoms with Crippen LogP contribution >= 0.6 is 11.6 Å². The SMILES string of the molecule is Cc1ccc(CNC(=O)c2cc(C#N)cc(C)c2CC(=O)c2cc(Cn3nnc(C(F)(F)F)n3)nn2-c2ccccc2Cl)cc1. The van der Waals surface area contributed by atoms with Gasteiger partial charge in [0.1, 0.15) is 12.2 Å². The standard InChI is InChI=1S/C31H24ClF3N8O2/c1-18-7-9-20(10-8-18)16-37-29(45)24-12-21(15-36)11-19(2)23(24)14-28(44)27-13-22(17-42-40-30(38-41-42)31(33,34)35)39-43(27)26-6-4-3-5-25(26)32/h3-13H,14,16-17H2,1-2H3,(H,37,45). The number of tetrazole rings is 1. The van der Waals surface area contributed by atoms with Crippen molar-refractivity contribution in [1.29, 1.82) is 5.26 Å². The quantitative estimate of drug-likeness (QED) is 0.215. The lowest BCUT2D eigenvalue weighted by atomic mass is 9.93. The lowest BCUT2D eigenvalue weighted by molar-refractivity contribution is -0.145. The molecule has 5 aromatic rings. The normalized spacial score (nSPS) is 11.3. The molecule has 2 heterocycles. The third-order valence-electron chi connectivity index (χ3n) is 6.89. The van der Waals surface area contributed by atoms with Crippen LogP contribution in [0.15, 0.2) is 66.7 Å². The van der Waals surface area contributed by atoms with Crippen LogP contribution in [0.3, 0.4) is 0 Å². The molecule has 2 aromatic heterocycles. The van der Waals surface area contributed by atoms with Gasteiger partial charge in [-0.25, -0.2) is 4.68 Å². The largest absolute Gasteiger partial charge is 0.455 e. The van der Waals surface area contributed by atoms with E-state index in [1.807, 2.05) is 37.3 Å². The van der Waals surface area contributed by atoms with Crippen molar-refractivity contribution in [2.24, 2.45) is 0 Å². The average molecular weight is 633 g/mol. The number of carbonyl (C=O) groups is 2. The second-order valence-electron chi connectivity index (χ2n) is 10.2. The molecule has 0 saturated heterocycles. The van der Waals surface area contributed by atoms with Crippen molar-refractivity contribution in [1.82, 2.24) is 35.3 Å². The van der Waals surface area contributed by atoms with Crippen LogP contribution in [0.4, 0.5) is 13.2 Å². The maximum absolute atomic E-state index is 13.9. The van der Waals surface area contributed by atoms with Gasteiger partial charge in [0.15, 0.2) is 5.78 Å². The fourth-order valence-corrected chi connectivity index (χ4v) is 4.85. The smallest absolute Gasteiger partial charge is 0.348 e. The number of nitrogens with one attached hydrogen (secondary N) is 1. The number of aryl methyl sites for hydroxylation is 2. The molecule has 10 nitrogen and oxygen atoms in total. The van der Waals surface area contributed by atoms with Crippen LogP contribution in [-0.2, 0) is 25.7 Å². The maximum Gasteiger partial charge on any atom is 0.455 e. The Bertz CT molecular complexity index is 1940. The number of halogens is 4. The first-order valence-corrected chi connectivity index (χ1v) is 13.9. The molecule has 0 bridgehead atoms. The number of nitriles is 1. The molecule has 0 fully saturated rings. The Morgan fingerprint density at radius 3 is 2.42 bits per heavy atom. The Balaban J connectivity index is 1.48. The zero-order valence-electron chi connectivity index (χ0n) is 23.9. The Morgan fingerprint density at radius 2 is 1.76 bits per heavy atom. The van der Waals surface area contributed by atoms with Crippen LogP contribution in [0.5, 0.6) is 0 Å². The Labute approximate surface area is 260 Å². The van der Waals surface area contributed by atoms with Gasteiger partial charge in [-0.15, -0.1) is 10.2 Å². The number of rotatable bonds is 9. The zero-order chi connectivity index (χ0) is 32.3. The van der Waals surface area contributed by atoms with Gasteiger partial charge in [-0.3, -0.25) is 9.59 Å². The number of nitrogens with zero attached hydrogens (tertiary/aromatic N) is 7. The van der Waals surface area contributed by atoms with Crippen molar-refractivity contribution in [2.75, 3.05) is 0 Å². The van der Waals surface area contributed by atoms with E-state index in [0.29, 0.717) is 16.8 Å². The van der Waals surface area contributed by atoms with E-state index in [2.05, 4.69) is 25.8 Å². The molecule has 0 spiro atoms. The van der Waals surface area contributed by atoms with Crippen LogP contribution in [0.25, 0.3) is 5.69 Å². The van der Waals surface area contributed by atoms with Crippen LogP contribution in [-0.4, -0.2) is 41.7 Å². The molecule has 0 radical (unpaired) electrons. The van der Waals surface area contributed by atoms with E-state index in [-0.39, 0.29) is 47.0 Å². The minimum absolute atomic E-state index is 0.0593. The second-order valence-corrected chi connectivity index (χ2v) is 10.6. The first-order valence-electron chi connectivity index (χ1n) is 13.5. The molecule has 45 heavy (non-hydrogen) atoms. The zero-order valence-corrected chi connectivity index (χ0v) is 24.7. The van der Waals surface area contributed by atoms with Crippen molar-refractivity contribution in [3.63, 3.8) is 0 Å². The van der Waals surface area contributed by atoms with Crippen molar-refractivity contribution < 1.29 is 22.8 Å². The average Bonchev–Trinajstić information content (AvgIpc) is 3.65. The molecular weight excluding hydrogens is 609 g/mol. The fraction of sp³-hybridized carbons (Fsp3) is 0.194. The molecule has 0 aliphatic heterocycles. The van der Waals surface area contributed by atoms with Gasteiger partial charge in [0.05, 0.1) is 28.0 Å². The number of ketones is 1. The van der Waals surface area contributed by atoms with Crippen LogP contribution < -0.4 is 5.32 Å². The Kier molecular flexibility index (Phi) is 8.78. The highest BCUT2D eigenvalue weighted by atomic mass is 35.5. The summed E-state index contributed by atoms with van der Waals surface area (Å²) in [4.78, 5) is 28.0. The molecule has 3 aromatic carbocycles. The predicted molar refractivity (Wildman–Crippen MR) is 157 cm³/mol. The lowest BCUT2D eigenvalue weighted by Crippen LogP contribution is -2.25. The molecule has 0 saturated carbocycles. The molecule has 228 valence electrons. The Morgan fingerprint density at radius 1 is 1.02 bits per heavy atom. The first-order chi connectivity index (χ1) is 21.4. The number of Topliss-reactive ketones (excluding diaryl/α,β-unsaturated/α-hetero) is 1. The van der Waals surface area contributed by atoms with Gasteiger partial charge in [-0.1, -0.05) is 53.6 Å². The molecule has 1 amide bonds. The maximum atomic E-state index is 13.9. The summed E-state index contributed by atoms with van der Waals surface area (Å²) < 4.78 is 40.3. The molecule has 1 N–H and O–H groups in total. The first kappa shape index (κ1) is 31.1. The van der Waals surface area contributed by atoms with Crippen molar-refractivity contribution in [3.05, 3.63) is 122 Å². The number of aromatic nitrogens is 6. The molecule has 0 unspecified atom stereocenters. The predicted octanol–water partition coefficient (Wildman–Crippen LogP) is 5.42. The molecule has 14 heteroatoms. The van der Waals surface area contributed by atoms with Gasteiger partial charge in [-0.2, -0.15) is 28.3 Å². The van der Waals surface area contributed by atoms with E-state index in [1.165, 1.54) is 16.8 Å². The number of alkyl halides is 3. The van der Waals surface area contributed by atoms with Crippen LogP contribution in [0, 0.1) is 25.2 Å². The molecule has 0 aliphatic rings.